The van der Waals surface area contributed by atoms with Gasteiger partial charge in [0.25, 0.3) is 0 Å². The van der Waals surface area contributed by atoms with Gasteiger partial charge in [-0.1, -0.05) is 11.6 Å². The summed E-state index contributed by atoms with van der Waals surface area (Å²) in [6.07, 6.45) is 0.985. The first-order chi connectivity index (χ1) is 12.6. The van der Waals surface area contributed by atoms with Crippen molar-refractivity contribution in [3.63, 3.8) is 0 Å². The van der Waals surface area contributed by atoms with E-state index < -0.39 is 29.3 Å². The number of phenolic OH excluding ortho intramolecular Hbond substituents is 1. The maximum absolute atomic E-state index is 14.2. The van der Waals surface area contributed by atoms with Crippen molar-refractivity contribution in [2.24, 2.45) is 0 Å². The Morgan fingerprint density at radius 3 is 2.67 bits per heavy atom. The minimum atomic E-state index is -0.845. The lowest BCUT2D eigenvalue weighted by molar-refractivity contribution is -0.128. The van der Waals surface area contributed by atoms with Crippen LogP contribution in [0.25, 0.3) is 0 Å². The van der Waals surface area contributed by atoms with E-state index in [-0.39, 0.29) is 23.0 Å². The third-order valence-corrected chi connectivity index (χ3v) is 5.19. The van der Waals surface area contributed by atoms with Gasteiger partial charge in [-0.2, -0.15) is 0 Å². The van der Waals surface area contributed by atoms with E-state index in [0.29, 0.717) is 31.5 Å². The number of hydrogen-bond donors (Lipinski definition) is 1. The number of halogens is 2. The summed E-state index contributed by atoms with van der Waals surface area (Å²) in [5, 5.41) is 10.6. The Kier molecular flexibility index (Phi) is 5.25. The molecule has 1 unspecified atom stereocenters. The molecule has 0 saturated carbocycles. The van der Waals surface area contributed by atoms with Crippen molar-refractivity contribution in [2.75, 3.05) is 19.6 Å². The summed E-state index contributed by atoms with van der Waals surface area (Å²) in [6.45, 7) is 6.32. The average molecular weight is 399 g/mol. The van der Waals surface area contributed by atoms with Gasteiger partial charge in [0.05, 0.1) is 6.04 Å². The van der Waals surface area contributed by atoms with Crippen molar-refractivity contribution >= 4 is 23.6 Å². The van der Waals surface area contributed by atoms with Gasteiger partial charge in [0.1, 0.15) is 5.60 Å². The van der Waals surface area contributed by atoms with Crippen LogP contribution < -0.4 is 0 Å². The quantitative estimate of drug-likeness (QED) is 0.825. The molecule has 0 spiro atoms. The first kappa shape index (κ1) is 19.7. The fourth-order valence-electron chi connectivity index (χ4n) is 3.66. The van der Waals surface area contributed by atoms with Crippen LogP contribution in [0.1, 0.15) is 50.8 Å². The number of carbonyl (C=O) groups is 2. The Balaban J connectivity index is 2.02. The molecule has 0 aliphatic carbocycles. The highest BCUT2D eigenvalue weighted by atomic mass is 35.5. The van der Waals surface area contributed by atoms with Gasteiger partial charge in [-0.05, 0) is 45.2 Å². The molecule has 2 heterocycles. The van der Waals surface area contributed by atoms with Crippen LogP contribution >= 0.6 is 11.6 Å². The van der Waals surface area contributed by atoms with Crippen LogP contribution in [0.2, 0.25) is 5.02 Å². The zero-order valence-electron chi connectivity index (χ0n) is 15.7. The van der Waals surface area contributed by atoms with Crippen LogP contribution in [0, 0.1) is 5.82 Å². The summed E-state index contributed by atoms with van der Waals surface area (Å²) >= 11 is 6.20. The van der Waals surface area contributed by atoms with Gasteiger partial charge < -0.3 is 14.7 Å². The molecule has 0 radical (unpaired) electrons. The molecule has 1 N–H and O–H groups in total. The van der Waals surface area contributed by atoms with Gasteiger partial charge in [0.2, 0.25) is 5.91 Å². The Morgan fingerprint density at radius 2 is 2.07 bits per heavy atom. The van der Waals surface area contributed by atoms with Crippen molar-refractivity contribution in [1.29, 1.82) is 0 Å². The van der Waals surface area contributed by atoms with E-state index in [1.54, 1.807) is 25.7 Å². The zero-order valence-corrected chi connectivity index (χ0v) is 16.5. The molecule has 8 heteroatoms. The number of phenols is 1. The smallest absolute Gasteiger partial charge is 0.410 e. The molecular weight excluding hydrogens is 375 g/mol. The van der Waals surface area contributed by atoms with E-state index in [1.807, 2.05) is 0 Å². The maximum Gasteiger partial charge on any atom is 0.410 e. The molecule has 2 aliphatic heterocycles. The minimum Gasteiger partial charge on any atom is -0.505 e. The van der Waals surface area contributed by atoms with E-state index in [0.717, 1.165) is 12.5 Å². The van der Waals surface area contributed by atoms with E-state index in [9.17, 15) is 19.1 Å². The van der Waals surface area contributed by atoms with E-state index in [1.165, 1.54) is 4.90 Å². The SMILES string of the molecule is CC(C)(C)OC(=O)N1CCc2c(Cl)cc(F)c(O)c2C1CN1CCCC1=O. The summed E-state index contributed by atoms with van der Waals surface area (Å²) in [7, 11) is 0. The third-order valence-electron chi connectivity index (χ3n) is 4.85. The number of fused-ring (bicyclic) bond motifs is 1. The first-order valence-electron chi connectivity index (χ1n) is 9.05. The van der Waals surface area contributed by atoms with Crippen molar-refractivity contribution in [2.45, 2.75) is 51.7 Å². The fourth-order valence-corrected chi connectivity index (χ4v) is 3.95. The summed E-state index contributed by atoms with van der Waals surface area (Å²) in [5.41, 5.74) is 0.163. The highest BCUT2D eigenvalue weighted by Crippen LogP contribution is 2.42. The molecule has 1 saturated heterocycles. The van der Waals surface area contributed by atoms with Crippen molar-refractivity contribution in [3.8, 4) is 5.75 Å². The van der Waals surface area contributed by atoms with Gasteiger partial charge in [-0.25, -0.2) is 9.18 Å². The molecule has 3 rings (SSSR count). The van der Waals surface area contributed by atoms with Crippen LogP contribution in [0.5, 0.6) is 5.75 Å². The topological polar surface area (TPSA) is 70.1 Å². The standard InChI is InChI=1S/C19H24ClFN2O4/c1-19(2,3)27-18(26)23-8-6-11-12(20)9-13(21)17(25)16(11)14(23)10-22-7-4-5-15(22)24/h9,14,25H,4-8,10H2,1-3H3. The lowest BCUT2D eigenvalue weighted by atomic mass is 9.91. The Bertz CT molecular complexity index is 778. The number of likely N-dealkylation sites (tertiary alicyclic amines) is 1. The maximum atomic E-state index is 14.2. The van der Waals surface area contributed by atoms with Crippen LogP contribution in [-0.2, 0) is 16.0 Å². The number of rotatable bonds is 2. The van der Waals surface area contributed by atoms with E-state index >= 15 is 0 Å². The molecule has 1 atom stereocenters. The number of nitrogens with zero attached hydrogens (tertiary/aromatic N) is 2. The highest BCUT2D eigenvalue weighted by molar-refractivity contribution is 6.31. The van der Waals surface area contributed by atoms with Crippen molar-refractivity contribution in [1.82, 2.24) is 9.80 Å². The summed E-state index contributed by atoms with van der Waals surface area (Å²) in [4.78, 5) is 28.0. The summed E-state index contributed by atoms with van der Waals surface area (Å²) in [5.74, 6) is -1.39. The molecule has 2 amide bonds. The Labute approximate surface area is 162 Å². The predicted molar refractivity (Wildman–Crippen MR) is 98.3 cm³/mol. The molecular formula is C19H24ClFN2O4. The highest BCUT2D eigenvalue weighted by Gasteiger charge is 2.39. The lowest BCUT2D eigenvalue weighted by Crippen LogP contribution is -2.47. The monoisotopic (exact) mass is 398 g/mol. The molecule has 1 aromatic carbocycles. The number of carbonyl (C=O) groups excluding carboxylic acids is 2. The van der Waals surface area contributed by atoms with Crippen molar-refractivity contribution < 1.29 is 23.8 Å². The van der Waals surface area contributed by atoms with Gasteiger partial charge in [-0.3, -0.25) is 9.69 Å². The van der Waals surface area contributed by atoms with Gasteiger partial charge in [-0.15, -0.1) is 0 Å². The fraction of sp³-hybridized carbons (Fsp3) is 0.579. The largest absolute Gasteiger partial charge is 0.505 e. The molecule has 148 valence electrons. The first-order valence-corrected chi connectivity index (χ1v) is 9.43. The molecule has 27 heavy (non-hydrogen) atoms. The van der Waals surface area contributed by atoms with E-state index in [4.69, 9.17) is 16.3 Å². The summed E-state index contributed by atoms with van der Waals surface area (Å²) in [6, 6.07) is 0.357. The molecule has 1 aromatic rings. The van der Waals surface area contributed by atoms with Crippen LogP contribution in [-0.4, -0.2) is 52.1 Å². The third kappa shape index (κ3) is 3.98. The van der Waals surface area contributed by atoms with Crippen LogP contribution in [0.15, 0.2) is 6.07 Å². The average Bonchev–Trinajstić information content (AvgIpc) is 2.95. The number of benzene rings is 1. The second-order valence-corrected chi connectivity index (χ2v) is 8.37. The number of aromatic hydroxyl groups is 1. The summed E-state index contributed by atoms with van der Waals surface area (Å²) < 4.78 is 19.7. The van der Waals surface area contributed by atoms with Crippen LogP contribution in [0.4, 0.5) is 9.18 Å². The molecule has 1 fully saturated rings. The molecule has 2 aliphatic rings. The van der Waals surface area contributed by atoms with Gasteiger partial charge >= 0.3 is 6.09 Å². The van der Waals surface area contributed by atoms with Gasteiger partial charge in [0, 0.05) is 36.6 Å². The zero-order chi connectivity index (χ0) is 19.9. The van der Waals surface area contributed by atoms with E-state index in [2.05, 4.69) is 0 Å². The number of hydrogen-bond acceptors (Lipinski definition) is 4. The van der Waals surface area contributed by atoms with Crippen LogP contribution in [0.3, 0.4) is 0 Å². The van der Waals surface area contributed by atoms with Crippen molar-refractivity contribution in [3.05, 3.63) is 28.0 Å². The number of ether oxygens (including phenoxy) is 1. The molecule has 0 bridgehead atoms. The second-order valence-electron chi connectivity index (χ2n) is 7.96. The Hall–Kier alpha value is -2.02. The lowest BCUT2D eigenvalue weighted by Gasteiger charge is -2.40. The second kappa shape index (κ2) is 7.19. The number of amides is 2. The minimum absolute atomic E-state index is 0.0201. The normalized spacial score (nSPS) is 20.0. The molecule has 6 nitrogen and oxygen atoms in total. The van der Waals surface area contributed by atoms with Gasteiger partial charge in [0.15, 0.2) is 11.6 Å². The Morgan fingerprint density at radius 1 is 1.37 bits per heavy atom. The molecule has 0 aromatic heterocycles. The predicted octanol–water partition coefficient (Wildman–Crippen LogP) is 3.64.